The molecule has 2 amide bonds. The number of hydrogen-bond acceptors (Lipinski definition) is 4. The summed E-state index contributed by atoms with van der Waals surface area (Å²) in [4.78, 5) is 29.5. The lowest BCUT2D eigenvalue weighted by Crippen LogP contribution is -2.58. The van der Waals surface area contributed by atoms with Crippen LogP contribution < -0.4 is 10.1 Å². The summed E-state index contributed by atoms with van der Waals surface area (Å²) in [5.41, 5.74) is 0. The fraction of sp³-hybridized carbons (Fsp3) is 0.636. The van der Waals surface area contributed by atoms with E-state index in [2.05, 4.69) is 17.1 Å². The molecule has 1 saturated heterocycles. The lowest BCUT2D eigenvalue weighted by molar-refractivity contribution is -0.137. The van der Waals surface area contributed by atoms with Crippen molar-refractivity contribution in [3.8, 4) is 5.75 Å². The minimum atomic E-state index is -0.0633. The summed E-state index contributed by atoms with van der Waals surface area (Å²) in [6.07, 6.45) is 5.61. The Hall–Kier alpha value is -1.79. The summed E-state index contributed by atoms with van der Waals surface area (Å²) in [5.74, 6) is 1.20. The molecule has 7 heteroatoms. The van der Waals surface area contributed by atoms with Gasteiger partial charge in [-0.1, -0.05) is 31.4 Å². The summed E-state index contributed by atoms with van der Waals surface area (Å²) in [5, 5.41) is 3.73. The summed E-state index contributed by atoms with van der Waals surface area (Å²) >= 11 is 5.87. The third-order valence-electron chi connectivity index (χ3n) is 5.90. The minimum Gasteiger partial charge on any atom is -0.484 e. The first-order valence-corrected chi connectivity index (χ1v) is 11.1. The second kappa shape index (κ2) is 10.8. The van der Waals surface area contributed by atoms with Gasteiger partial charge in [0.25, 0.3) is 5.91 Å². The number of carbonyl (C=O) groups is 2. The fourth-order valence-electron chi connectivity index (χ4n) is 4.32. The number of amides is 2. The molecule has 1 N–H and O–H groups in total. The van der Waals surface area contributed by atoms with Crippen molar-refractivity contribution in [2.75, 3.05) is 39.3 Å². The largest absolute Gasteiger partial charge is 0.484 e. The van der Waals surface area contributed by atoms with Crippen LogP contribution in [-0.2, 0) is 9.59 Å². The number of nitrogens with zero attached hydrogens (tertiary/aromatic N) is 2. The Kier molecular flexibility index (Phi) is 8.19. The standard InChI is InChI=1S/C22H32ClN3O3/c1-2-11-24-22(28)21(17-5-3-4-6-17)26-14-12-25(13-15-26)20(27)16-29-19-9-7-18(23)8-10-19/h7-10,17,21H,2-6,11-16H2,1H3,(H,24,28)/t21-/m0/s1. The number of hydrogen-bond donors (Lipinski definition) is 1. The van der Waals surface area contributed by atoms with Crippen LogP contribution in [0.15, 0.2) is 24.3 Å². The number of rotatable bonds is 8. The van der Waals surface area contributed by atoms with Crippen LogP contribution in [0.1, 0.15) is 39.0 Å². The lowest BCUT2D eigenvalue weighted by Gasteiger charge is -2.40. The maximum Gasteiger partial charge on any atom is 0.260 e. The van der Waals surface area contributed by atoms with Gasteiger partial charge in [-0.3, -0.25) is 14.5 Å². The fourth-order valence-corrected chi connectivity index (χ4v) is 4.45. The van der Waals surface area contributed by atoms with Crippen molar-refractivity contribution in [3.05, 3.63) is 29.3 Å². The van der Waals surface area contributed by atoms with Crippen LogP contribution in [-0.4, -0.2) is 67.0 Å². The van der Waals surface area contributed by atoms with E-state index in [1.54, 1.807) is 24.3 Å². The molecule has 6 nitrogen and oxygen atoms in total. The molecule has 29 heavy (non-hydrogen) atoms. The molecule has 1 saturated carbocycles. The van der Waals surface area contributed by atoms with Gasteiger partial charge >= 0.3 is 0 Å². The maximum absolute atomic E-state index is 12.8. The molecule has 2 fully saturated rings. The topological polar surface area (TPSA) is 61.9 Å². The summed E-state index contributed by atoms with van der Waals surface area (Å²) in [6, 6.07) is 6.94. The highest BCUT2D eigenvalue weighted by molar-refractivity contribution is 6.30. The highest BCUT2D eigenvalue weighted by Gasteiger charge is 2.37. The predicted molar refractivity (Wildman–Crippen MR) is 114 cm³/mol. The Balaban J connectivity index is 1.50. The average Bonchev–Trinajstić information content (AvgIpc) is 3.26. The zero-order valence-corrected chi connectivity index (χ0v) is 18.0. The van der Waals surface area contributed by atoms with E-state index >= 15 is 0 Å². The lowest BCUT2D eigenvalue weighted by atomic mass is 9.95. The van der Waals surface area contributed by atoms with Gasteiger partial charge in [-0.15, -0.1) is 0 Å². The number of benzene rings is 1. The molecule has 1 aliphatic heterocycles. The highest BCUT2D eigenvalue weighted by Crippen LogP contribution is 2.31. The van der Waals surface area contributed by atoms with Gasteiger partial charge in [-0.05, 0) is 49.4 Å². The normalized spacial score (nSPS) is 19.2. The Labute approximate surface area is 178 Å². The second-order valence-corrected chi connectivity index (χ2v) is 8.38. The Morgan fingerprint density at radius 1 is 1.14 bits per heavy atom. The molecule has 1 aliphatic carbocycles. The monoisotopic (exact) mass is 421 g/mol. The zero-order chi connectivity index (χ0) is 20.6. The van der Waals surface area contributed by atoms with Crippen molar-refractivity contribution in [3.63, 3.8) is 0 Å². The summed E-state index contributed by atoms with van der Waals surface area (Å²) in [6.45, 7) is 5.54. The summed E-state index contributed by atoms with van der Waals surface area (Å²) in [7, 11) is 0. The smallest absolute Gasteiger partial charge is 0.260 e. The molecule has 0 unspecified atom stereocenters. The second-order valence-electron chi connectivity index (χ2n) is 7.94. The first kappa shape index (κ1) is 21.9. The highest BCUT2D eigenvalue weighted by atomic mass is 35.5. The summed E-state index contributed by atoms with van der Waals surface area (Å²) < 4.78 is 5.59. The van der Waals surface area contributed by atoms with Crippen LogP contribution in [0.4, 0.5) is 0 Å². The minimum absolute atomic E-state index is 0.0185. The van der Waals surface area contributed by atoms with Gasteiger partial charge in [0.1, 0.15) is 5.75 Å². The Bertz CT molecular complexity index is 668. The molecular weight excluding hydrogens is 390 g/mol. The first-order chi connectivity index (χ1) is 14.1. The van der Waals surface area contributed by atoms with Gasteiger partial charge in [-0.2, -0.15) is 0 Å². The van der Waals surface area contributed by atoms with Crippen molar-refractivity contribution in [1.29, 1.82) is 0 Å². The predicted octanol–water partition coefficient (Wildman–Crippen LogP) is 2.95. The van der Waals surface area contributed by atoms with Gasteiger partial charge in [-0.25, -0.2) is 0 Å². The molecule has 160 valence electrons. The molecule has 3 rings (SSSR count). The molecular formula is C22H32ClN3O3. The molecule has 1 aromatic rings. The van der Waals surface area contributed by atoms with E-state index in [4.69, 9.17) is 16.3 Å². The van der Waals surface area contributed by atoms with E-state index in [-0.39, 0.29) is 24.5 Å². The molecule has 0 spiro atoms. The van der Waals surface area contributed by atoms with Crippen molar-refractivity contribution in [2.24, 2.45) is 5.92 Å². The first-order valence-electron chi connectivity index (χ1n) is 10.8. The SMILES string of the molecule is CCCNC(=O)[C@H](C1CCCC1)N1CCN(C(=O)COc2ccc(Cl)cc2)CC1. The third-order valence-corrected chi connectivity index (χ3v) is 6.15. The van der Waals surface area contributed by atoms with Crippen molar-refractivity contribution >= 4 is 23.4 Å². The van der Waals surface area contributed by atoms with Gasteiger partial charge in [0.2, 0.25) is 5.91 Å². The van der Waals surface area contributed by atoms with Crippen LogP contribution in [0.5, 0.6) is 5.75 Å². The molecule has 0 radical (unpaired) electrons. The number of piperazine rings is 1. The molecule has 0 aromatic heterocycles. The van der Waals surface area contributed by atoms with Crippen LogP contribution in [0.3, 0.4) is 0 Å². The van der Waals surface area contributed by atoms with Gasteiger partial charge in [0.15, 0.2) is 6.61 Å². The Morgan fingerprint density at radius 3 is 2.41 bits per heavy atom. The quantitative estimate of drug-likeness (QED) is 0.701. The van der Waals surface area contributed by atoms with Crippen LogP contribution >= 0.6 is 11.6 Å². The van der Waals surface area contributed by atoms with Gasteiger partial charge < -0.3 is 15.0 Å². The van der Waals surface area contributed by atoms with Crippen LogP contribution in [0.2, 0.25) is 5.02 Å². The third kappa shape index (κ3) is 6.09. The van der Waals surface area contributed by atoms with E-state index in [9.17, 15) is 9.59 Å². The van der Waals surface area contributed by atoms with Crippen LogP contribution in [0.25, 0.3) is 0 Å². The van der Waals surface area contributed by atoms with E-state index in [1.807, 2.05) is 4.90 Å². The number of nitrogens with one attached hydrogen (secondary N) is 1. The van der Waals surface area contributed by atoms with Crippen molar-refractivity contribution in [1.82, 2.24) is 15.1 Å². The Morgan fingerprint density at radius 2 is 1.79 bits per heavy atom. The molecule has 1 atom stereocenters. The van der Waals surface area contributed by atoms with E-state index < -0.39 is 0 Å². The van der Waals surface area contributed by atoms with Gasteiger partial charge in [0.05, 0.1) is 6.04 Å². The van der Waals surface area contributed by atoms with E-state index in [0.29, 0.717) is 29.8 Å². The average molecular weight is 422 g/mol. The van der Waals surface area contributed by atoms with Crippen molar-refractivity contribution in [2.45, 2.75) is 45.1 Å². The molecule has 0 bridgehead atoms. The molecule has 1 heterocycles. The van der Waals surface area contributed by atoms with Gasteiger partial charge in [0, 0.05) is 37.7 Å². The number of ether oxygens (including phenoxy) is 1. The maximum atomic E-state index is 12.8. The van der Waals surface area contributed by atoms with Crippen LogP contribution in [0, 0.1) is 5.92 Å². The number of halogens is 1. The van der Waals surface area contributed by atoms with Crippen molar-refractivity contribution < 1.29 is 14.3 Å². The molecule has 1 aromatic carbocycles. The zero-order valence-electron chi connectivity index (χ0n) is 17.2. The van der Waals surface area contributed by atoms with E-state index in [0.717, 1.165) is 38.9 Å². The molecule has 2 aliphatic rings. The number of carbonyl (C=O) groups excluding carboxylic acids is 2. The van der Waals surface area contributed by atoms with E-state index in [1.165, 1.54) is 12.8 Å².